The van der Waals surface area contributed by atoms with Crippen LogP contribution in [0.5, 0.6) is 23.0 Å². The molecule has 0 atom stereocenters. The fourth-order valence-corrected chi connectivity index (χ4v) is 4.60. The first-order valence-electron chi connectivity index (χ1n) is 11.9. The Hall–Kier alpha value is -4.50. The van der Waals surface area contributed by atoms with Gasteiger partial charge < -0.3 is 23.1 Å². The zero-order valence-electron chi connectivity index (χ0n) is 22.0. The quantitative estimate of drug-likeness (QED) is 0.183. The maximum atomic E-state index is 13.1. The van der Waals surface area contributed by atoms with Crippen LogP contribution in [0.1, 0.15) is 15.9 Å². The minimum Gasteiger partial charge on any atom is -0.496 e. The van der Waals surface area contributed by atoms with Gasteiger partial charge in [0, 0.05) is 11.1 Å². The molecule has 0 aliphatic carbocycles. The number of ether oxygens (including phenoxy) is 4. The summed E-state index contributed by atoms with van der Waals surface area (Å²) in [5, 5.41) is 0. The minimum atomic E-state index is -3.67. The third-order valence-electron chi connectivity index (χ3n) is 5.86. The molecule has 0 aliphatic heterocycles. The van der Waals surface area contributed by atoms with Gasteiger partial charge >= 0.3 is 16.1 Å². The third-order valence-corrected chi connectivity index (χ3v) is 6.36. The smallest absolute Gasteiger partial charge is 0.342 e. The van der Waals surface area contributed by atoms with E-state index >= 15 is 0 Å². The van der Waals surface area contributed by atoms with Gasteiger partial charge in [-0.3, -0.25) is 0 Å². The molecular weight excluding hydrogens is 520 g/mol. The molecule has 0 radical (unpaired) electrons. The van der Waals surface area contributed by atoms with Crippen LogP contribution in [0.3, 0.4) is 0 Å². The van der Waals surface area contributed by atoms with E-state index in [1.165, 1.54) is 33.5 Å². The molecule has 0 heterocycles. The number of esters is 1. The van der Waals surface area contributed by atoms with Crippen molar-refractivity contribution in [2.45, 2.75) is 6.61 Å². The Morgan fingerprint density at radius 1 is 0.769 bits per heavy atom. The number of rotatable bonds is 10. The molecule has 4 aromatic rings. The van der Waals surface area contributed by atoms with Crippen LogP contribution in [0.2, 0.25) is 0 Å². The summed E-state index contributed by atoms with van der Waals surface area (Å²) in [5.74, 6) is 0.913. The van der Waals surface area contributed by atoms with Crippen LogP contribution in [0.25, 0.3) is 22.3 Å². The van der Waals surface area contributed by atoms with E-state index in [1.807, 2.05) is 54.6 Å². The largest absolute Gasteiger partial charge is 0.496 e. The van der Waals surface area contributed by atoms with Crippen molar-refractivity contribution >= 4 is 16.1 Å². The van der Waals surface area contributed by atoms with Crippen LogP contribution >= 0.6 is 0 Å². The highest BCUT2D eigenvalue weighted by Gasteiger charge is 2.27. The van der Waals surface area contributed by atoms with E-state index in [-0.39, 0.29) is 17.1 Å². The summed E-state index contributed by atoms with van der Waals surface area (Å²) >= 11 is 0. The number of carbonyl (C=O) groups is 1. The molecule has 0 spiro atoms. The Bertz CT molecular complexity index is 1550. The predicted molar refractivity (Wildman–Crippen MR) is 148 cm³/mol. The highest BCUT2D eigenvalue weighted by atomic mass is 32.2. The van der Waals surface area contributed by atoms with E-state index in [2.05, 4.69) is 0 Å². The highest BCUT2D eigenvalue weighted by molar-refractivity contribution is 7.86. The van der Waals surface area contributed by atoms with Gasteiger partial charge in [-0.1, -0.05) is 54.6 Å². The summed E-state index contributed by atoms with van der Waals surface area (Å²) in [6, 6.07) is 25.3. The maximum absolute atomic E-state index is 13.1. The fraction of sp³-hybridized carbons (Fsp3) is 0.167. The SMILES string of the molecule is COC(=O)c1c(OC)c(-c2ccc(OS(C)(=O)=O)cc2)cc(OC)c1-c1ccc(OCc2ccccc2)cc1. The van der Waals surface area contributed by atoms with Crippen molar-refractivity contribution in [3.05, 3.63) is 96.1 Å². The summed E-state index contributed by atoms with van der Waals surface area (Å²) in [4.78, 5) is 13.1. The van der Waals surface area contributed by atoms with Gasteiger partial charge in [0.05, 0.1) is 27.6 Å². The Kier molecular flexibility index (Phi) is 8.41. The van der Waals surface area contributed by atoms with Gasteiger partial charge in [-0.15, -0.1) is 0 Å². The lowest BCUT2D eigenvalue weighted by Crippen LogP contribution is -2.09. The zero-order chi connectivity index (χ0) is 28.0. The number of hydrogen-bond acceptors (Lipinski definition) is 8. The predicted octanol–water partition coefficient (Wildman–Crippen LogP) is 5.74. The van der Waals surface area contributed by atoms with E-state index in [0.717, 1.165) is 11.8 Å². The molecule has 4 rings (SSSR count). The van der Waals surface area contributed by atoms with Crippen molar-refractivity contribution < 1.29 is 36.3 Å². The van der Waals surface area contributed by atoms with Gasteiger partial charge in [0.15, 0.2) is 0 Å². The summed E-state index contributed by atoms with van der Waals surface area (Å²) in [6.07, 6.45) is 0.970. The average Bonchev–Trinajstić information content (AvgIpc) is 2.95. The molecule has 0 N–H and O–H groups in total. The Morgan fingerprint density at radius 3 is 1.95 bits per heavy atom. The van der Waals surface area contributed by atoms with E-state index in [0.29, 0.717) is 40.4 Å². The molecule has 0 saturated heterocycles. The second kappa shape index (κ2) is 11.9. The van der Waals surface area contributed by atoms with Crippen molar-refractivity contribution in [3.63, 3.8) is 0 Å². The normalized spacial score (nSPS) is 11.0. The zero-order valence-corrected chi connectivity index (χ0v) is 22.8. The van der Waals surface area contributed by atoms with Gasteiger partial charge in [-0.05, 0) is 47.0 Å². The van der Waals surface area contributed by atoms with Gasteiger partial charge in [0.2, 0.25) is 0 Å². The molecule has 4 aromatic carbocycles. The third kappa shape index (κ3) is 6.50. The number of carbonyl (C=O) groups excluding carboxylic acids is 1. The Balaban J connectivity index is 1.76. The van der Waals surface area contributed by atoms with E-state index < -0.39 is 16.1 Å². The van der Waals surface area contributed by atoms with Gasteiger partial charge in [0.1, 0.15) is 35.2 Å². The molecule has 0 unspecified atom stereocenters. The fourth-order valence-electron chi connectivity index (χ4n) is 4.13. The van der Waals surface area contributed by atoms with Crippen LogP contribution in [-0.4, -0.2) is 42.0 Å². The number of hydrogen-bond donors (Lipinski definition) is 0. The molecule has 0 fully saturated rings. The lowest BCUT2D eigenvalue weighted by Gasteiger charge is -2.20. The standard InChI is InChI=1S/C30H28O8S/c1-34-26-18-25(21-10-16-24(17-11-21)38-39(4,32)33)29(35-2)28(30(31)36-3)27(26)22-12-14-23(15-13-22)37-19-20-8-6-5-7-9-20/h5-18H,19H2,1-4H3. The monoisotopic (exact) mass is 548 g/mol. The van der Waals surface area contributed by atoms with Crippen LogP contribution in [0.4, 0.5) is 0 Å². The van der Waals surface area contributed by atoms with E-state index in [4.69, 9.17) is 23.1 Å². The van der Waals surface area contributed by atoms with Crippen molar-refractivity contribution in [2.24, 2.45) is 0 Å². The molecule has 0 amide bonds. The molecule has 202 valence electrons. The first-order valence-corrected chi connectivity index (χ1v) is 13.7. The summed E-state index contributed by atoms with van der Waals surface area (Å²) in [6.45, 7) is 0.424. The van der Waals surface area contributed by atoms with E-state index in [1.54, 1.807) is 18.2 Å². The lowest BCUT2D eigenvalue weighted by atomic mass is 9.92. The van der Waals surface area contributed by atoms with Crippen molar-refractivity contribution in [1.82, 2.24) is 0 Å². The number of benzene rings is 4. The van der Waals surface area contributed by atoms with Gasteiger partial charge in [0.25, 0.3) is 0 Å². The van der Waals surface area contributed by atoms with Crippen LogP contribution in [0.15, 0.2) is 84.9 Å². The molecule has 0 aliphatic rings. The van der Waals surface area contributed by atoms with E-state index in [9.17, 15) is 13.2 Å². The topological polar surface area (TPSA) is 97.4 Å². The lowest BCUT2D eigenvalue weighted by molar-refractivity contribution is 0.0597. The summed E-state index contributed by atoms with van der Waals surface area (Å²) in [7, 11) is 0.594. The van der Waals surface area contributed by atoms with Gasteiger partial charge in [-0.25, -0.2) is 4.79 Å². The van der Waals surface area contributed by atoms with Crippen LogP contribution < -0.4 is 18.4 Å². The maximum Gasteiger partial charge on any atom is 0.342 e. The van der Waals surface area contributed by atoms with Crippen molar-refractivity contribution in [2.75, 3.05) is 27.6 Å². The molecule has 39 heavy (non-hydrogen) atoms. The first-order chi connectivity index (χ1) is 18.7. The Morgan fingerprint density at radius 2 is 1.38 bits per heavy atom. The van der Waals surface area contributed by atoms with Crippen molar-refractivity contribution in [1.29, 1.82) is 0 Å². The average molecular weight is 549 g/mol. The molecule has 8 nitrogen and oxygen atoms in total. The summed E-state index contributed by atoms with van der Waals surface area (Å²) in [5.41, 5.74) is 3.62. The van der Waals surface area contributed by atoms with Crippen LogP contribution in [0, 0.1) is 0 Å². The second-order valence-corrected chi connectivity index (χ2v) is 10.1. The second-order valence-electron chi connectivity index (χ2n) is 8.51. The molecule has 0 aromatic heterocycles. The van der Waals surface area contributed by atoms with Gasteiger partial charge in [-0.2, -0.15) is 8.42 Å². The summed E-state index contributed by atoms with van der Waals surface area (Å²) < 4.78 is 50.4. The molecule has 0 bridgehead atoms. The van der Waals surface area contributed by atoms with Crippen molar-refractivity contribution in [3.8, 4) is 45.3 Å². The number of methoxy groups -OCH3 is 3. The Labute approximate surface area is 227 Å². The molecular formula is C30H28O8S. The highest BCUT2D eigenvalue weighted by Crippen LogP contribution is 2.46. The first kappa shape index (κ1) is 27.5. The minimum absolute atomic E-state index is 0.159. The molecule has 0 saturated carbocycles. The van der Waals surface area contributed by atoms with Crippen LogP contribution in [-0.2, 0) is 21.5 Å². The molecule has 9 heteroatoms.